The summed E-state index contributed by atoms with van der Waals surface area (Å²) in [6.45, 7) is 0.0114. The molecule has 20 heavy (non-hydrogen) atoms. The molecule has 1 aliphatic heterocycles. The Labute approximate surface area is 113 Å². The third-order valence-electron chi connectivity index (χ3n) is 2.88. The molecule has 0 unspecified atom stereocenters. The van der Waals surface area contributed by atoms with Gasteiger partial charge in [-0.2, -0.15) is 5.10 Å². The minimum atomic E-state index is -0.925. The minimum absolute atomic E-state index is 0.0114. The van der Waals surface area contributed by atoms with E-state index in [2.05, 4.69) is 15.5 Å². The van der Waals surface area contributed by atoms with Crippen molar-refractivity contribution < 1.29 is 19.4 Å². The predicted molar refractivity (Wildman–Crippen MR) is 69.5 cm³/mol. The number of carboxylic acid groups (broad SMARTS) is 1. The Morgan fingerprint density at radius 2 is 2.25 bits per heavy atom. The minimum Gasteiger partial charge on any atom is -0.482 e. The summed E-state index contributed by atoms with van der Waals surface area (Å²) in [6, 6.07) is 6.96. The third-order valence-corrected chi connectivity index (χ3v) is 2.88. The number of anilines is 1. The lowest BCUT2D eigenvalue weighted by atomic mass is 10.1. The fourth-order valence-electron chi connectivity index (χ4n) is 2.01. The zero-order valence-corrected chi connectivity index (χ0v) is 10.3. The number of aromatic nitrogens is 2. The van der Waals surface area contributed by atoms with E-state index in [1.165, 1.54) is 0 Å². The summed E-state index contributed by atoms with van der Waals surface area (Å²) in [6.07, 6.45) is -0.113. The number of carbonyl (C=O) groups excluding carboxylic acids is 1. The lowest BCUT2D eigenvalue weighted by Gasteiger charge is -2.18. The zero-order valence-electron chi connectivity index (χ0n) is 10.3. The number of aromatic amines is 1. The summed E-state index contributed by atoms with van der Waals surface area (Å²) < 4.78 is 5.27. The molecule has 0 atom stereocenters. The maximum absolute atomic E-state index is 11.3. The number of amides is 1. The van der Waals surface area contributed by atoms with Crippen molar-refractivity contribution >= 4 is 17.6 Å². The van der Waals surface area contributed by atoms with Gasteiger partial charge in [-0.25, -0.2) is 0 Å². The topological polar surface area (TPSA) is 104 Å². The van der Waals surface area contributed by atoms with Gasteiger partial charge < -0.3 is 15.2 Å². The Kier molecular flexibility index (Phi) is 2.86. The van der Waals surface area contributed by atoms with Crippen LogP contribution in [0, 0.1) is 0 Å². The fraction of sp³-hybridized carbons (Fsp3) is 0.154. The molecule has 2 heterocycles. The lowest BCUT2D eigenvalue weighted by Crippen LogP contribution is -2.25. The summed E-state index contributed by atoms with van der Waals surface area (Å²) in [5, 5.41) is 18.2. The van der Waals surface area contributed by atoms with Crippen LogP contribution in [0.25, 0.3) is 11.3 Å². The molecular weight excluding hydrogens is 262 g/mol. The first-order valence-electron chi connectivity index (χ1n) is 5.95. The molecule has 1 amide bonds. The molecule has 0 spiro atoms. The standard InChI is InChI=1S/C13H11N3O4/c17-12-6-20-11-2-1-7(3-10(11)14-12)9-4-8(15-16-9)5-13(18)19/h1-4H,5-6H2,(H,14,17)(H,15,16)(H,18,19). The van der Waals surface area contributed by atoms with Crippen LogP contribution in [0.1, 0.15) is 5.69 Å². The summed E-state index contributed by atoms with van der Waals surface area (Å²) in [5.74, 6) is -0.524. The van der Waals surface area contributed by atoms with Gasteiger partial charge >= 0.3 is 5.97 Å². The molecular formula is C13H11N3O4. The Morgan fingerprint density at radius 3 is 3.05 bits per heavy atom. The molecule has 2 aromatic rings. The molecule has 0 saturated carbocycles. The maximum Gasteiger partial charge on any atom is 0.309 e. The summed E-state index contributed by atoms with van der Waals surface area (Å²) in [5.41, 5.74) is 2.48. The van der Waals surface area contributed by atoms with Crippen molar-refractivity contribution in [1.29, 1.82) is 0 Å². The molecule has 1 aromatic carbocycles. The quantitative estimate of drug-likeness (QED) is 0.775. The molecule has 0 bridgehead atoms. The number of fused-ring (bicyclic) bond motifs is 1. The number of aliphatic carboxylic acids is 1. The van der Waals surface area contributed by atoms with Crippen molar-refractivity contribution in [1.82, 2.24) is 10.2 Å². The predicted octanol–water partition coefficient (Wildman–Crippen LogP) is 1.03. The van der Waals surface area contributed by atoms with Crippen LogP contribution >= 0.6 is 0 Å². The van der Waals surface area contributed by atoms with E-state index in [-0.39, 0.29) is 18.9 Å². The Bertz CT molecular complexity index is 693. The van der Waals surface area contributed by atoms with Crippen LogP contribution in [-0.2, 0) is 16.0 Å². The monoisotopic (exact) mass is 273 g/mol. The van der Waals surface area contributed by atoms with Crippen molar-refractivity contribution in [2.45, 2.75) is 6.42 Å². The molecule has 102 valence electrons. The van der Waals surface area contributed by atoms with Crippen molar-refractivity contribution in [2.24, 2.45) is 0 Å². The van der Waals surface area contributed by atoms with Gasteiger partial charge in [0.15, 0.2) is 6.61 Å². The van der Waals surface area contributed by atoms with Crippen molar-refractivity contribution in [3.05, 3.63) is 30.0 Å². The Hall–Kier alpha value is -2.83. The number of carbonyl (C=O) groups is 2. The van der Waals surface area contributed by atoms with E-state index in [9.17, 15) is 9.59 Å². The first-order valence-corrected chi connectivity index (χ1v) is 5.95. The van der Waals surface area contributed by atoms with Gasteiger partial charge in [0.1, 0.15) is 5.75 Å². The van der Waals surface area contributed by atoms with Crippen molar-refractivity contribution in [3.8, 4) is 17.0 Å². The normalized spacial score (nSPS) is 13.3. The molecule has 3 N–H and O–H groups in total. The number of H-pyrrole nitrogens is 1. The van der Waals surface area contributed by atoms with E-state index in [0.29, 0.717) is 22.8 Å². The first-order chi connectivity index (χ1) is 9.61. The van der Waals surface area contributed by atoms with Gasteiger partial charge in [-0.15, -0.1) is 0 Å². The van der Waals surface area contributed by atoms with Gasteiger partial charge in [-0.05, 0) is 24.3 Å². The van der Waals surface area contributed by atoms with Gasteiger partial charge in [-0.3, -0.25) is 14.7 Å². The lowest BCUT2D eigenvalue weighted by molar-refractivity contribution is -0.136. The van der Waals surface area contributed by atoms with Gasteiger partial charge in [0.2, 0.25) is 0 Å². The Morgan fingerprint density at radius 1 is 1.40 bits per heavy atom. The second-order valence-corrected chi connectivity index (χ2v) is 4.40. The second-order valence-electron chi connectivity index (χ2n) is 4.40. The highest BCUT2D eigenvalue weighted by Crippen LogP contribution is 2.32. The molecule has 1 aliphatic rings. The number of carboxylic acids is 1. The van der Waals surface area contributed by atoms with E-state index in [1.54, 1.807) is 24.3 Å². The van der Waals surface area contributed by atoms with E-state index in [4.69, 9.17) is 9.84 Å². The van der Waals surface area contributed by atoms with Gasteiger partial charge in [0.05, 0.1) is 17.8 Å². The highest BCUT2D eigenvalue weighted by molar-refractivity contribution is 5.96. The van der Waals surface area contributed by atoms with Crippen LogP contribution in [-0.4, -0.2) is 33.8 Å². The first kappa shape index (κ1) is 12.2. The SMILES string of the molecule is O=C(O)Cc1cc(-c2ccc3c(c2)NC(=O)CO3)n[nH]1. The van der Waals surface area contributed by atoms with Crippen LogP contribution in [0.15, 0.2) is 24.3 Å². The van der Waals surface area contributed by atoms with E-state index < -0.39 is 5.97 Å². The number of benzene rings is 1. The van der Waals surface area contributed by atoms with Crippen molar-refractivity contribution in [3.63, 3.8) is 0 Å². The van der Waals surface area contributed by atoms with Gasteiger partial charge in [0, 0.05) is 11.3 Å². The molecule has 0 saturated heterocycles. The molecule has 0 aliphatic carbocycles. The third kappa shape index (κ3) is 2.33. The average Bonchev–Trinajstić information content (AvgIpc) is 2.85. The molecule has 0 fully saturated rings. The summed E-state index contributed by atoms with van der Waals surface area (Å²) in [7, 11) is 0. The van der Waals surface area contributed by atoms with Crippen LogP contribution in [0.2, 0.25) is 0 Å². The fourth-order valence-corrected chi connectivity index (χ4v) is 2.01. The highest BCUT2D eigenvalue weighted by atomic mass is 16.5. The second kappa shape index (κ2) is 4.69. The molecule has 0 radical (unpaired) electrons. The van der Waals surface area contributed by atoms with Crippen LogP contribution in [0.4, 0.5) is 5.69 Å². The molecule has 1 aromatic heterocycles. The number of ether oxygens (including phenoxy) is 1. The maximum atomic E-state index is 11.3. The molecule has 7 heteroatoms. The van der Waals surface area contributed by atoms with Crippen LogP contribution in [0.5, 0.6) is 5.75 Å². The average molecular weight is 273 g/mol. The number of rotatable bonds is 3. The number of nitrogens with zero attached hydrogens (tertiary/aromatic N) is 1. The largest absolute Gasteiger partial charge is 0.482 e. The highest BCUT2D eigenvalue weighted by Gasteiger charge is 2.17. The van der Waals surface area contributed by atoms with E-state index in [1.807, 2.05) is 0 Å². The molecule has 3 rings (SSSR count). The van der Waals surface area contributed by atoms with Crippen LogP contribution in [0.3, 0.4) is 0 Å². The summed E-state index contributed by atoms with van der Waals surface area (Å²) >= 11 is 0. The van der Waals surface area contributed by atoms with Crippen LogP contribution < -0.4 is 10.1 Å². The van der Waals surface area contributed by atoms with E-state index in [0.717, 1.165) is 5.56 Å². The molecule has 7 nitrogen and oxygen atoms in total. The van der Waals surface area contributed by atoms with Crippen molar-refractivity contribution in [2.75, 3.05) is 11.9 Å². The smallest absolute Gasteiger partial charge is 0.309 e. The zero-order chi connectivity index (χ0) is 14.1. The number of nitrogens with one attached hydrogen (secondary N) is 2. The number of hydrogen-bond donors (Lipinski definition) is 3. The number of hydrogen-bond acceptors (Lipinski definition) is 4. The van der Waals surface area contributed by atoms with Gasteiger partial charge in [0.25, 0.3) is 5.91 Å². The van der Waals surface area contributed by atoms with Gasteiger partial charge in [-0.1, -0.05) is 0 Å². The Balaban J connectivity index is 1.90. The summed E-state index contributed by atoms with van der Waals surface area (Å²) in [4.78, 5) is 21.9. The van der Waals surface area contributed by atoms with E-state index >= 15 is 0 Å².